The Kier molecular flexibility index (Phi) is 5.35. The van der Waals surface area contributed by atoms with Crippen molar-refractivity contribution in [3.63, 3.8) is 0 Å². The Morgan fingerprint density at radius 1 is 1.41 bits per heavy atom. The fourth-order valence-electron chi connectivity index (χ4n) is 2.78. The van der Waals surface area contributed by atoms with Crippen molar-refractivity contribution < 1.29 is 23.8 Å². The molecule has 1 amide bonds. The Morgan fingerprint density at radius 3 is 2.86 bits per heavy atom. The normalized spacial score (nSPS) is 18.1. The average Bonchev–Trinajstić information content (AvgIpc) is 2.53. The number of ether oxygens (including phenoxy) is 1. The van der Waals surface area contributed by atoms with Gasteiger partial charge in [0.25, 0.3) is 0 Å². The first kappa shape index (κ1) is 16.3. The molecule has 0 saturated carbocycles. The predicted molar refractivity (Wildman–Crippen MR) is 78.3 cm³/mol. The molecular weight excluding hydrogens is 289 g/mol. The largest absolute Gasteiger partial charge is 0.494 e. The van der Waals surface area contributed by atoms with Crippen LogP contribution in [0.1, 0.15) is 31.2 Å². The molecule has 5 nitrogen and oxygen atoms in total. The first-order chi connectivity index (χ1) is 10.5. The van der Waals surface area contributed by atoms with Crippen molar-refractivity contribution in [2.24, 2.45) is 0 Å². The molecule has 120 valence electrons. The maximum Gasteiger partial charge on any atom is 0.326 e. The summed E-state index contributed by atoms with van der Waals surface area (Å²) in [5.74, 6) is -1.53. The third kappa shape index (κ3) is 3.55. The number of methoxy groups -OCH3 is 1. The summed E-state index contributed by atoms with van der Waals surface area (Å²) in [6.45, 7) is 0.455. The number of carboxylic acids is 1. The van der Waals surface area contributed by atoms with Gasteiger partial charge in [0, 0.05) is 13.0 Å². The third-order valence-electron chi connectivity index (χ3n) is 3.98. The van der Waals surface area contributed by atoms with E-state index in [0.29, 0.717) is 18.5 Å². The van der Waals surface area contributed by atoms with E-state index in [-0.39, 0.29) is 24.5 Å². The summed E-state index contributed by atoms with van der Waals surface area (Å²) in [7, 11) is 1.39. The van der Waals surface area contributed by atoms with E-state index in [4.69, 9.17) is 4.74 Å². The molecule has 0 radical (unpaired) electrons. The number of carboxylic acid groups (broad SMARTS) is 1. The van der Waals surface area contributed by atoms with Gasteiger partial charge in [0.1, 0.15) is 6.04 Å². The number of piperidine rings is 1. The van der Waals surface area contributed by atoms with Crippen LogP contribution in [0.15, 0.2) is 18.2 Å². The molecule has 1 heterocycles. The van der Waals surface area contributed by atoms with Crippen molar-refractivity contribution in [3.05, 3.63) is 29.6 Å². The number of hydrogen-bond acceptors (Lipinski definition) is 3. The van der Waals surface area contributed by atoms with Crippen molar-refractivity contribution >= 4 is 11.9 Å². The number of likely N-dealkylation sites (tertiary alicyclic amines) is 1. The lowest BCUT2D eigenvalue weighted by atomic mass is 10.0. The second-order valence-electron chi connectivity index (χ2n) is 5.37. The SMILES string of the molecule is COc1cccc(CCC(=O)N2CCCCC2C(=O)O)c1F. The molecule has 1 atom stereocenters. The molecule has 1 aliphatic heterocycles. The summed E-state index contributed by atoms with van der Waals surface area (Å²) in [6, 6.07) is 4.04. The van der Waals surface area contributed by atoms with E-state index >= 15 is 0 Å². The standard InChI is InChI=1S/C16H20FNO4/c1-22-13-7-4-5-11(15(13)17)8-9-14(19)18-10-3-2-6-12(18)16(20)21/h4-5,7,12H,2-3,6,8-10H2,1H3,(H,20,21). The molecule has 22 heavy (non-hydrogen) atoms. The molecule has 0 aromatic heterocycles. The van der Waals surface area contributed by atoms with E-state index in [1.54, 1.807) is 12.1 Å². The monoisotopic (exact) mass is 309 g/mol. The maximum atomic E-state index is 14.0. The first-order valence-corrected chi connectivity index (χ1v) is 7.38. The van der Waals surface area contributed by atoms with Crippen LogP contribution in [0.3, 0.4) is 0 Å². The highest BCUT2D eigenvalue weighted by Gasteiger charge is 2.31. The van der Waals surface area contributed by atoms with Crippen LogP contribution in [-0.4, -0.2) is 41.6 Å². The van der Waals surface area contributed by atoms with E-state index in [2.05, 4.69) is 0 Å². The lowest BCUT2D eigenvalue weighted by molar-refractivity contribution is -0.152. The minimum atomic E-state index is -0.972. The molecule has 1 aliphatic rings. The van der Waals surface area contributed by atoms with Crippen LogP contribution in [0.25, 0.3) is 0 Å². The van der Waals surface area contributed by atoms with Gasteiger partial charge in [0.05, 0.1) is 7.11 Å². The molecule has 2 rings (SSSR count). The Balaban J connectivity index is 2.01. The lowest BCUT2D eigenvalue weighted by Crippen LogP contribution is -2.48. The van der Waals surface area contributed by atoms with Gasteiger partial charge in [-0.05, 0) is 37.3 Å². The molecule has 1 aromatic carbocycles. The molecular formula is C16H20FNO4. The van der Waals surface area contributed by atoms with Gasteiger partial charge < -0.3 is 14.7 Å². The van der Waals surface area contributed by atoms with Crippen molar-refractivity contribution in [3.8, 4) is 5.75 Å². The Labute approximate surface area is 128 Å². The van der Waals surface area contributed by atoms with Crippen LogP contribution >= 0.6 is 0 Å². The Morgan fingerprint density at radius 2 is 2.18 bits per heavy atom. The molecule has 1 unspecified atom stereocenters. The highest BCUT2D eigenvalue weighted by atomic mass is 19.1. The fourth-order valence-corrected chi connectivity index (χ4v) is 2.78. The summed E-state index contributed by atoms with van der Waals surface area (Å²) in [5, 5.41) is 9.18. The predicted octanol–water partition coefficient (Wildman–Crippen LogP) is 2.23. The number of carbonyl (C=O) groups is 2. The van der Waals surface area contributed by atoms with Crippen LogP contribution in [0.5, 0.6) is 5.75 Å². The Bertz CT molecular complexity index is 561. The number of nitrogens with zero attached hydrogens (tertiary/aromatic N) is 1. The van der Waals surface area contributed by atoms with E-state index in [1.165, 1.54) is 18.1 Å². The maximum absolute atomic E-state index is 14.0. The van der Waals surface area contributed by atoms with Crippen molar-refractivity contribution in [2.75, 3.05) is 13.7 Å². The number of halogens is 1. The molecule has 1 saturated heterocycles. The molecule has 1 N–H and O–H groups in total. The molecule has 0 bridgehead atoms. The second-order valence-corrected chi connectivity index (χ2v) is 5.37. The highest BCUT2D eigenvalue weighted by molar-refractivity contribution is 5.84. The van der Waals surface area contributed by atoms with Gasteiger partial charge in [-0.1, -0.05) is 12.1 Å². The number of benzene rings is 1. The Hall–Kier alpha value is -2.11. The summed E-state index contributed by atoms with van der Waals surface area (Å²) in [6.07, 6.45) is 2.42. The number of aryl methyl sites for hydroxylation is 1. The zero-order chi connectivity index (χ0) is 16.1. The van der Waals surface area contributed by atoms with Crippen LogP contribution in [0, 0.1) is 5.82 Å². The van der Waals surface area contributed by atoms with E-state index in [0.717, 1.165) is 12.8 Å². The minimum absolute atomic E-state index is 0.0911. The van der Waals surface area contributed by atoms with Gasteiger partial charge in [0.2, 0.25) is 5.91 Å². The number of amides is 1. The van der Waals surface area contributed by atoms with Gasteiger partial charge in [0.15, 0.2) is 11.6 Å². The van der Waals surface area contributed by atoms with Crippen LogP contribution < -0.4 is 4.74 Å². The van der Waals surface area contributed by atoms with Gasteiger partial charge in [-0.15, -0.1) is 0 Å². The fraction of sp³-hybridized carbons (Fsp3) is 0.500. The van der Waals surface area contributed by atoms with Crippen LogP contribution in [0.2, 0.25) is 0 Å². The van der Waals surface area contributed by atoms with Crippen molar-refractivity contribution in [1.29, 1.82) is 0 Å². The second kappa shape index (κ2) is 7.24. The molecule has 0 spiro atoms. The van der Waals surface area contributed by atoms with Gasteiger partial charge >= 0.3 is 5.97 Å². The van der Waals surface area contributed by atoms with Gasteiger partial charge in [-0.3, -0.25) is 4.79 Å². The number of hydrogen-bond donors (Lipinski definition) is 1. The van der Waals surface area contributed by atoms with Crippen molar-refractivity contribution in [1.82, 2.24) is 4.90 Å². The van der Waals surface area contributed by atoms with Crippen LogP contribution in [-0.2, 0) is 16.0 Å². The lowest BCUT2D eigenvalue weighted by Gasteiger charge is -2.33. The minimum Gasteiger partial charge on any atom is -0.494 e. The van der Waals surface area contributed by atoms with Crippen LogP contribution in [0.4, 0.5) is 4.39 Å². The molecule has 1 aromatic rings. The topological polar surface area (TPSA) is 66.8 Å². The zero-order valence-corrected chi connectivity index (χ0v) is 12.5. The zero-order valence-electron chi connectivity index (χ0n) is 12.5. The van der Waals surface area contributed by atoms with E-state index < -0.39 is 17.8 Å². The number of aliphatic carboxylic acids is 1. The quantitative estimate of drug-likeness (QED) is 0.906. The smallest absolute Gasteiger partial charge is 0.326 e. The first-order valence-electron chi connectivity index (χ1n) is 7.38. The molecule has 6 heteroatoms. The molecule has 1 fully saturated rings. The van der Waals surface area contributed by atoms with E-state index in [1.807, 2.05) is 0 Å². The summed E-state index contributed by atoms with van der Waals surface area (Å²) < 4.78 is 18.9. The van der Waals surface area contributed by atoms with Crippen molar-refractivity contribution in [2.45, 2.75) is 38.1 Å². The molecule has 0 aliphatic carbocycles. The third-order valence-corrected chi connectivity index (χ3v) is 3.98. The summed E-state index contributed by atoms with van der Waals surface area (Å²) in [4.78, 5) is 24.9. The van der Waals surface area contributed by atoms with Gasteiger partial charge in [-0.2, -0.15) is 0 Å². The highest BCUT2D eigenvalue weighted by Crippen LogP contribution is 2.22. The number of rotatable bonds is 5. The van der Waals surface area contributed by atoms with E-state index in [9.17, 15) is 19.1 Å². The number of carbonyl (C=O) groups excluding carboxylic acids is 1. The average molecular weight is 309 g/mol. The van der Waals surface area contributed by atoms with Gasteiger partial charge in [-0.25, -0.2) is 9.18 Å². The summed E-state index contributed by atoms with van der Waals surface area (Å²) >= 11 is 0. The summed E-state index contributed by atoms with van der Waals surface area (Å²) in [5.41, 5.74) is 0.400.